The predicted octanol–water partition coefficient (Wildman–Crippen LogP) is 3.22. The van der Waals surface area contributed by atoms with E-state index in [0.29, 0.717) is 0 Å². The van der Waals surface area contributed by atoms with E-state index in [1.807, 2.05) is 0 Å². The third-order valence-corrected chi connectivity index (χ3v) is 2.04. The standard InChI is InChI=1S/C11H10F5NO2/c1-2-19-8-5-3-4-7(6-8)17-9(18)10(12,13)11(14,15)16/h3-6H,2H2,1H3,(H,17,18). The molecule has 0 aliphatic carbocycles. The molecule has 0 aromatic heterocycles. The molecule has 0 radical (unpaired) electrons. The van der Waals surface area contributed by atoms with Gasteiger partial charge in [0.2, 0.25) is 0 Å². The smallest absolute Gasteiger partial charge is 0.463 e. The van der Waals surface area contributed by atoms with Crippen LogP contribution >= 0.6 is 0 Å². The summed E-state index contributed by atoms with van der Waals surface area (Å²) >= 11 is 0. The van der Waals surface area contributed by atoms with Crippen molar-refractivity contribution >= 4 is 11.6 Å². The molecule has 0 atom stereocenters. The van der Waals surface area contributed by atoms with E-state index in [4.69, 9.17) is 4.74 Å². The van der Waals surface area contributed by atoms with E-state index in [0.717, 1.165) is 6.07 Å². The number of benzene rings is 1. The zero-order valence-electron chi connectivity index (χ0n) is 9.72. The maximum atomic E-state index is 12.7. The fourth-order valence-electron chi connectivity index (χ4n) is 1.17. The van der Waals surface area contributed by atoms with Crippen LogP contribution in [0.4, 0.5) is 27.6 Å². The summed E-state index contributed by atoms with van der Waals surface area (Å²) in [4.78, 5) is 10.9. The molecule has 0 bridgehead atoms. The van der Waals surface area contributed by atoms with Crippen molar-refractivity contribution in [3.8, 4) is 5.75 Å². The first kappa shape index (κ1) is 15.2. The number of anilines is 1. The average Bonchev–Trinajstić information content (AvgIpc) is 2.28. The molecule has 0 aliphatic heterocycles. The first-order valence-corrected chi connectivity index (χ1v) is 5.17. The fourth-order valence-corrected chi connectivity index (χ4v) is 1.17. The molecule has 8 heteroatoms. The third-order valence-electron chi connectivity index (χ3n) is 2.04. The number of carbonyl (C=O) groups is 1. The van der Waals surface area contributed by atoms with Gasteiger partial charge >= 0.3 is 18.0 Å². The van der Waals surface area contributed by atoms with Crippen LogP contribution in [-0.4, -0.2) is 24.6 Å². The predicted molar refractivity (Wildman–Crippen MR) is 57.2 cm³/mol. The summed E-state index contributed by atoms with van der Waals surface area (Å²) < 4.78 is 66.3. The minimum Gasteiger partial charge on any atom is -0.494 e. The van der Waals surface area contributed by atoms with Crippen LogP contribution in [0.1, 0.15) is 6.92 Å². The lowest BCUT2D eigenvalue weighted by Gasteiger charge is -2.18. The molecule has 1 rings (SSSR count). The number of alkyl halides is 5. The maximum absolute atomic E-state index is 12.7. The Morgan fingerprint density at radius 2 is 1.89 bits per heavy atom. The van der Waals surface area contributed by atoms with Gasteiger partial charge in [-0.15, -0.1) is 0 Å². The second-order valence-corrected chi connectivity index (χ2v) is 3.49. The molecular weight excluding hydrogens is 273 g/mol. The lowest BCUT2D eigenvalue weighted by atomic mass is 10.2. The van der Waals surface area contributed by atoms with Crippen molar-refractivity contribution in [2.75, 3.05) is 11.9 Å². The first-order valence-electron chi connectivity index (χ1n) is 5.17. The van der Waals surface area contributed by atoms with Crippen molar-refractivity contribution < 1.29 is 31.5 Å². The molecule has 0 spiro atoms. The van der Waals surface area contributed by atoms with Crippen molar-refractivity contribution in [3.05, 3.63) is 24.3 Å². The molecule has 0 heterocycles. The quantitative estimate of drug-likeness (QED) is 0.862. The number of hydrogen-bond donors (Lipinski definition) is 1. The van der Waals surface area contributed by atoms with Crippen LogP contribution in [0.5, 0.6) is 5.75 Å². The minimum absolute atomic E-state index is 0.208. The van der Waals surface area contributed by atoms with Crippen molar-refractivity contribution in [2.24, 2.45) is 0 Å². The molecular formula is C11H10F5NO2. The van der Waals surface area contributed by atoms with E-state index in [1.165, 1.54) is 23.5 Å². The maximum Gasteiger partial charge on any atom is 0.463 e. The van der Waals surface area contributed by atoms with E-state index in [1.54, 1.807) is 6.92 Å². The summed E-state index contributed by atoms with van der Waals surface area (Å²) in [6, 6.07) is 5.15. The molecule has 19 heavy (non-hydrogen) atoms. The molecule has 1 aromatic rings. The summed E-state index contributed by atoms with van der Waals surface area (Å²) in [5.41, 5.74) is -0.208. The van der Waals surface area contributed by atoms with E-state index in [9.17, 15) is 26.7 Å². The van der Waals surface area contributed by atoms with Crippen LogP contribution in [0.3, 0.4) is 0 Å². The topological polar surface area (TPSA) is 38.3 Å². The molecule has 0 fully saturated rings. The number of nitrogens with one attached hydrogen (secondary N) is 1. The van der Waals surface area contributed by atoms with Gasteiger partial charge in [-0.05, 0) is 19.1 Å². The van der Waals surface area contributed by atoms with Crippen molar-refractivity contribution in [2.45, 2.75) is 19.0 Å². The SMILES string of the molecule is CCOc1cccc(NC(=O)C(F)(F)C(F)(F)F)c1. The van der Waals surface area contributed by atoms with Crippen LogP contribution < -0.4 is 10.1 Å². The Morgan fingerprint density at radius 1 is 1.26 bits per heavy atom. The van der Waals surface area contributed by atoms with Crippen LogP contribution in [0, 0.1) is 0 Å². The summed E-state index contributed by atoms with van der Waals surface area (Å²) in [6.07, 6.45) is -5.94. The van der Waals surface area contributed by atoms with Crippen LogP contribution in [0.25, 0.3) is 0 Å². The second kappa shape index (κ2) is 5.41. The van der Waals surface area contributed by atoms with Crippen molar-refractivity contribution in [1.82, 2.24) is 0 Å². The van der Waals surface area contributed by atoms with Gasteiger partial charge in [-0.1, -0.05) is 6.07 Å². The largest absolute Gasteiger partial charge is 0.494 e. The highest BCUT2D eigenvalue weighted by molar-refractivity contribution is 5.96. The fraction of sp³-hybridized carbons (Fsp3) is 0.364. The van der Waals surface area contributed by atoms with Crippen LogP contribution in [0.2, 0.25) is 0 Å². The Balaban J connectivity index is 2.85. The highest BCUT2D eigenvalue weighted by Crippen LogP contribution is 2.36. The summed E-state index contributed by atoms with van der Waals surface area (Å²) in [5, 5.41) is 1.50. The molecule has 1 amide bonds. The number of amides is 1. The molecule has 0 saturated carbocycles. The molecule has 0 aliphatic rings. The Hall–Kier alpha value is -1.86. The molecule has 0 unspecified atom stereocenters. The van der Waals surface area contributed by atoms with Gasteiger partial charge in [-0.25, -0.2) is 0 Å². The van der Waals surface area contributed by atoms with Crippen LogP contribution in [-0.2, 0) is 4.79 Å². The highest BCUT2D eigenvalue weighted by Gasteiger charge is 2.63. The Bertz CT molecular complexity index is 459. The first-order chi connectivity index (χ1) is 8.68. The Morgan fingerprint density at radius 3 is 2.42 bits per heavy atom. The minimum atomic E-state index is -5.94. The van der Waals surface area contributed by atoms with Gasteiger partial charge in [-0.2, -0.15) is 22.0 Å². The zero-order valence-corrected chi connectivity index (χ0v) is 9.72. The summed E-state index contributed by atoms with van der Waals surface area (Å²) in [7, 11) is 0. The molecule has 3 nitrogen and oxygen atoms in total. The Labute approximate surface area is 105 Å². The van der Waals surface area contributed by atoms with Gasteiger partial charge in [0.05, 0.1) is 6.61 Å². The summed E-state index contributed by atoms with van der Waals surface area (Å²) in [6.45, 7) is 1.96. The van der Waals surface area contributed by atoms with Gasteiger partial charge in [-0.3, -0.25) is 4.79 Å². The van der Waals surface area contributed by atoms with Gasteiger partial charge in [0.25, 0.3) is 0 Å². The number of rotatable bonds is 4. The van der Waals surface area contributed by atoms with Crippen molar-refractivity contribution in [1.29, 1.82) is 0 Å². The average molecular weight is 283 g/mol. The van der Waals surface area contributed by atoms with Crippen LogP contribution in [0.15, 0.2) is 24.3 Å². The molecule has 1 aromatic carbocycles. The number of halogens is 5. The summed E-state index contributed by atoms with van der Waals surface area (Å²) in [5.74, 6) is -7.64. The van der Waals surface area contributed by atoms with E-state index >= 15 is 0 Å². The van der Waals surface area contributed by atoms with E-state index in [-0.39, 0.29) is 18.0 Å². The van der Waals surface area contributed by atoms with Gasteiger partial charge < -0.3 is 10.1 Å². The monoisotopic (exact) mass is 283 g/mol. The lowest BCUT2D eigenvalue weighted by Crippen LogP contribution is -2.47. The van der Waals surface area contributed by atoms with Gasteiger partial charge in [0, 0.05) is 11.8 Å². The van der Waals surface area contributed by atoms with E-state index in [2.05, 4.69) is 0 Å². The molecule has 0 saturated heterocycles. The third kappa shape index (κ3) is 3.55. The number of ether oxygens (including phenoxy) is 1. The number of hydrogen-bond acceptors (Lipinski definition) is 2. The number of carbonyl (C=O) groups excluding carboxylic acids is 1. The Kier molecular flexibility index (Phi) is 4.33. The van der Waals surface area contributed by atoms with Crippen molar-refractivity contribution in [3.63, 3.8) is 0 Å². The highest BCUT2D eigenvalue weighted by atomic mass is 19.4. The zero-order chi connectivity index (χ0) is 14.7. The van der Waals surface area contributed by atoms with Gasteiger partial charge in [0.1, 0.15) is 5.75 Å². The lowest BCUT2D eigenvalue weighted by molar-refractivity contribution is -0.267. The second-order valence-electron chi connectivity index (χ2n) is 3.49. The van der Waals surface area contributed by atoms with Gasteiger partial charge in [0.15, 0.2) is 0 Å². The molecule has 1 N–H and O–H groups in total. The van der Waals surface area contributed by atoms with E-state index < -0.39 is 18.0 Å². The normalized spacial score (nSPS) is 12.1. The molecule has 106 valence electrons.